The molecule has 0 aromatic rings. The topological polar surface area (TPSA) is 20.3 Å². The van der Waals surface area contributed by atoms with Crippen molar-refractivity contribution in [2.75, 3.05) is 0 Å². The van der Waals surface area contributed by atoms with E-state index in [9.17, 15) is 4.79 Å². The lowest BCUT2D eigenvalue weighted by atomic mass is 9.72. The molecule has 0 aliphatic heterocycles. The first-order chi connectivity index (χ1) is 12.2. The van der Waals surface area contributed by atoms with Crippen LogP contribution in [0, 0.1) is 32.4 Å². The van der Waals surface area contributed by atoms with Gasteiger partial charge < -0.3 is 4.90 Å². The summed E-state index contributed by atoms with van der Waals surface area (Å²) < 4.78 is 0. The Kier molecular flexibility index (Phi) is 8.84. The maximum Gasteiger partial charge on any atom is 0.247 e. The molecular weight excluding hydrogens is 318 g/mol. The summed E-state index contributed by atoms with van der Waals surface area (Å²) >= 11 is 0. The molecule has 0 saturated heterocycles. The van der Waals surface area contributed by atoms with Crippen molar-refractivity contribution in [3.63, 3.8) is 0 Å². The van der Waals surface area contributed by atoms with Crippen LogP contribution in [0.2, 0.25) is 0 Å². The quantitative estimate of drug-likeness (QED) is 0.387. The van der Waals surface area contributed by atoms with Crippen molar-refractivity contribution >= 4 is 5.91 Å². The van der Waals surface area contributed by atoms with Gasteiger partial charge in [0.25, 0.3) is 0 Å². The number of hydrogen-bond donors (Lipinski definition) is 0. The molecule has 0 atom stereocenters. The Morgan fingerprint density at radius 2 is 1.77 bits per heavy atom. The zero-order valence-corrected chi connectivity index (χ0v) is 17.0. The van der Waals surface area contributed by atoms with Crippen LogP contribution >= 0.6 is 0 Å². The predicted octanol–water partition coefficient (Wildman–Crippen LogP) is 6.34. The van der Waals surface area contributed by atoms with Crippen LogP contribution in [-0.4, -0.2) is 10.8 Å². The van der Waals surface area contributed by atoms with Crippen LogP contribution in [-0.2, 0) is 4.79 Å². The Bertz CT molecular complexity index is 637. The molecule has 0 unspecified atom stereocenters. The highest BCUT2D eigenvalue weighted by Gasteiger charge is 2.26. The van der Waals surface area contributed by atoms with Crippen LogP contribution in [0.5, 0.6) is 0 Å². The van der Waals surface area contributed by atoms with Crippen molar-refractivity contribution in [1.82, 2.24) is 4.90 Å². The van der Waals surface area contributed by atoms with Crippen LogP contribution in [0.4, 0.5) is 0 Å². The fourth-order valence-electron chi connectivity index (χ4n) is 3.20. The first-order valence-corrected chi connectivity index (χ1v) is 9.20. The molecule has 140 valence electrons. The third-order valence-corrected chi connectivity index (χ3v) is 4.77. The fraction of sp³-hybridized carbons (Fsp3) is 0.375. The molecule has 0 aromatic carbocycles. The molecule has 0 N–H and O–H groups in total. The third kappa shape index (κ3) is 6.82. The first kappa shape index (κ1) is 22.2. The molecule has 26 heavy (non-hydrogen) atoms. The van der Waals surface area contributed by atoms with E-state index in [-0.39, 0.29) is 11.3 Å². The van der Waals surface area contributed by atoms with Crippen LogP contribution in [0.15, 0.2) is 58.7 Å². The van der Waals surface area contributed by atoms with E-state index in [0.717, 1.165) is 5.57 Å². The Morgan fingerprint density at radius 1 is 1.12 bits per heavy atom. The van der Waals surface area contributed by atoms with Gasteiger partial charge in [-0.15, -0.1) is 0 Å². The molecule has 4 radical (unpaired) electrons. The van der Waals surface area contributed by atoms with Gasteiger partial charge in [0.1, 0.15) is 0 Å². The minimum absolute atomic E-state index is 0.153. The molecule has 0 fully saturated rings. The minimum Gasteiger partial charge on any atom is -0.329 e. The SMILES string of the molecule is [CH2][CH]N([CH][CH2])C(=O)/C=C(C)/C=C/C=C(C)/C=C/C1=C(C)CCCC1(C)C. The van der Waals surface area contributed by atoms with Gasteiger partial charge in [-0.1, -0.05) is 55.4 Å². The second kappa shape index (κ2) is 10.4. The summed E-state index contributed by atoms with van der Waals surface area (Å²) in [5.41, 5.74) is 5.30. The van der Waals surface area contributed by atoms with Crippen LogP contribution in [0.3, 0.4) is 0 Å². The van der Waals surface area contributed by atoms with Gasteiger partial charge in [-0.3, -0.25) is 4.79 Å². The number of allylic oxidation sites excluding steroid dienone is 9. The maximum absolute atomic E-state index is 11.9. The normalized spacial score (nSPS) is 18.9. The maximum atomic E-state index is 11.9. The standard InChI is InChI=1S/C24H33NO/c1-8-25(9-2)23(26)18-20(4)13-10-12-19(3)15-16-22-21(5)14-11-17-24(22,6)7/h8-10,12-13,15-16,18H,1-2,11,14,17H2,3-7H3/b13-10+,16-15+,19-12+,20-18+. The molecule has 2 nitrogen and oxygen atoms in total. The predicted molar refractivity (Wildman–Crippen MR) is 112 cm³/mol. The zero-order valence-electron chi connectivity index (χ0n) is 17.0. The van der Waals surface area contributed by atoms with Gasteiger partial charge >= 0.3 is 0 Å². The van der Waals surface area contributed by atoms with E-state index < -0.39 is 0 Å². The van der Waals surface area contributed by atoms with E-state index in [1.807, 2.05) is 19.1 Å². The first-order valence-electron chi connectivity index (χ1n) is 9.20. The second-order valence-electron chi connectivity index (χ2n) is 7.53. The van der Waals surface area contributed by atoms with E-state index in [1.54, 1.807) is 6.08 Å². The minimum atomic E-state index is -0.153. The largest absolute Gasteiger partial charge is 0.329 e. The summed E-state index contributed by atoms with van der Waals surface area (Å²) in [7, 11) is 0. The van der Waals surface area contributed by atoms with Crippen molar-refractivity contribution in [2.45, 2.75) is 53.9 Å². The summed E-state index contributed by atoms with van der Waals surface area (Å²) in [6, 6.07) is 0. The molecule has 2 heteroatoms. The van der Waals surface area contributed by atoms with Gasteiger partial charge in [-0.05, 0) is 70.4 Å². The molecule has 0 saturated carbocycles. The molecule has 0 spiro atoms. The van der Waals surface area contributed by atoms with Gasteiger partial charge in [-0.25, -0.2) is 0 Å². The highest BCUT2D eigenvalue weighted by Crippen LogP contribution is 2.40. The number of hydrogen-bond acceptors (Lipinski definition) is 1. The lowest BCUT2D eigenvalue weighted by Crippen LogP contribution is -2.22. The van der Waals surface area contributed by atoms with Crippen molar-refractivity contribution in [2.24, 2.45) is 5.41 Å². The lowest BCUT2D eigenvalue weighted by Gasteiger charge is -2.32. The summed E-state index contributed by atoms with van der Waals surface area (Å²) in [5, 5.41) is 0. The Balaban J connectivity index is 2.76. The van der Waals surface area contributed by atoms with Gasteiger partial charge in [0.15, 0.2) is 0 Å². The smallest absolute Gasteiger partial charge is 0.247 e. The summed E-state index contributed by atoms with van der Waals surface area (Å²) in [5.74, 6) is -0.153. The highest BCUT2D eigenvalue weighted by molar-refractivity contribution is 5.89. The van der Waals surface area contributed by atoms with Crippen LogP contribution in [0.25, 0.3) is 0 Å². The number of rotatable bonds is 7. The van der Waals surface area contributed by atoms with Gasteiger partial charge in [0.05, 0.1) is 13.1 Å². The monoisotopic (exact) mass is 351 g/mol. The Hall–Kier alpha value is -1.83. The van der Waals surface area contributed by atoms with Gasteiger partial charge in [0, 0.05) is 6.08 Å². The lowest BCUT2D eigenvalue weighted by molar-refractivity contribution is -0.122. The summed E-state index contributed by atoms with van der Waals surface area (Å²) in [6.07, 6.45) is 15.7. The van der Waals surface area contributed by atoms with Gasteiger partial charge in [-0.2, -0.15) is 0 Å². The molecule has 1 amide bonds. The second-order valence-corrected chi connectivity index (χ2v) is 7.53. The molecule has 0 aromatic heterocycles. The molecule has 1 rings (SSSR count). The van der Waals surface area contributed by atoms with Crippen molar-refractivity contribution in [1.29, 1.82) is 0 Å². The Morgan fingerprint density at radius 3 is 2.35 bits per heavy atom. The molecular formula is C24H33NO. The van der Waals surface area contributed by atoms with Crippen LogP contribution in [0.1, 0.15) is 53.9 Å². The zero-order chi connectivity index (χ0) is 19.7. The molecule has 1 aliphatic rings. The number of carbonyl (C=O) groups excluding carboxylic acids is 1. The van der Waals surface area contributed by atoms with Gasteiger partial charge in [0.2, 0.25) is 5.91 Å². The Labute approximate surface area is 161 Å². The van der Waals surface area contributed by atoms with Crippen molar-refractivity contribution < 1.29 is 4.79 Å². The van der Waals surface area contributed by atoms with E-state index in [0.29, 0.717) is 0 Å². The number of carbonyl (C=O) groups is 1. The summed E-state index contributed by atoms with van der Waals surface area (Å²) in [4.78, 5) is 13.3. The van der Waals surface area contributed by atoms with E-state index >= 15 is 0 Å². The van der Waals surface area contributed by atoms with Crippen LogP contribution < -0.4 is 0 Å². The van der Waals surface area contributed by atoms with E-state index in [2.05, 4.69) is 59.8 Å². The number of nitrogens with zero attached hydrogens (tertiary/aromatic N) is 1. The average molecular weight is 352 g/mol. The van der Waals surface area contributed by atoms with E-state index in [1.165, 1.54) is 54.0 Å². The highest BCUT2D eigenvalue weighted by atomic mass is 16.2. The van der Waals surface area contributed by atoms with Crippen molar-refractivity contribution in [3.8, 4) is 0 Å². The molecule has 0 bridgehead atoms. The average Bonchev–Trinajstić information content (AvgIpc) is 2.54. The molecule has 0 heterocycles. The number of amides is 1. The molecule has 1 aliphatic carbocycles. The van der Waals surface area contributed by atoms with Crippen molar-refractivity contribution in [3.05, 3.63) is 85.7 Å². The fourth-order valence-corrected chi connectivity index (χ4v) is 3.20. The van der Waals surface area contributed by atoms with E-state index in [4.69, 9.17) is 0 Å². The third-order valence-electron chi connectivity index (χ3n) is 4.77. The summed E-state index contributed by atoms with van der Waals surface area (Å²) in [6.45, 7) is 21.0.